The number of allylic oxidation sites excluding steroid dienone is 2. The standard InChI is InChI=1S/C24H22N2O3/c27-20(25-19-7-3-5-13-4-1-2-6-14(13)19)10-11-26-23(28)21-15-8-9-16(18-12-17(15)18)22(21)24(26)29/h1-9,15-18,21-22H,10-12H2,(H,25,27)/t15-,16-,17-,18+,21+,22+/m0/s1. The van der Waals surface area contributed by atoms with Gasteiger partial charge in [-0.2, -0.15) is 0 Å². The first-order chi connectivity index (χ1) is 14.1. The second-order valence-electron chi connectivity index (χ2n) is 8.81. The van der Waals surface area contributed by atoms with Crippen LogP contribution < -0.4 is 5.32 Å². The van der Waals surface area contributed by atoms with Crippen molar-refractivity contribution in [2.24, 2.45) is 35.5 Å². The summed E-state index contributed by atoms with van der Waals surface area (Å²) in [5.74, 6) is 0.938. The van der Waals surface area contributed by atoms with Crippen LogP contribution in [0.3, 0.4) is 0 Å². The van der Waals surface area contributed by atoms with Crippen LogP contribution in [0.1, 0.15) is 12.8 Å². The number of amides is 3. The van der Waals surface area contributed by atoms with Crippen LogP contribution in [0.15, 0.2) is 54.6 Å². The molecule has 2 saturated carbocycles. The van der Waals surface area contributed by atoms with Crippen LogP contribution in [0, 0.1) is 35.5 Å². The van der Waals surface area contributed by atoms with E-state index in [0.717, 1.165) is 22.9 Å². The van der Waals surface area contributed by atoms with E-state index >= 15 is 0 Å². The minimum atomic E-state index is -0.192. The van der Waals surface area contributed by atoms with Crippen molar-refractivity contribution >= 4 is 34.2 Å². The van der Waals surface area contributed by atoms with Gasteiger partial charge in [0.25, 0.3) is 0 Å². The SMILES string of the molecule is O=C(CCN1C(=O)[C@@H]2[C@H]3C=C[C@@H]([C@@H]4C[C@H]34)[C@H]2C1=O)Nc1cccc2ccccc12. The van der Waals surface area contributed by atoms with E-state index in [-0.39, 0.29) is 54.4 Å². The summed E-state index contributed by atoms with van der Waals surface area (Å²) in [6, 6.07) is 13.7. The van der Waals surface area contributed by atoms with E-state index < -0.39 is 0 Å². The summed E-state index contributed by atoms with van der Waals surface area (Å²) in [4.78, 5) is 39.9. The summed E-state index contributed by atoms with van der Waals surface area (Å²) in [5.41, 5.74) is 0.753. The van der Waals surface area contributed by atoms with Gasteiger partial charge in [0, 0.05) is 24.0 Å². The number of nitrogens with one attached hydrogen (secondary N) is 1. The van der Waals surface area contributed by atoms with Crippen LogP contribution in [-0.4, -0.2) is 29.2 Å². The van der Waals surface area contributed by atoms with Crippen LogP contribution in [0.5, 0.6) is 0 Å². The smallest absolute Gasteiger partial charge is 0.233 e. The number of hydrogen-bond acceptors (Lipinski definition) is 3. The Bertz CT molecular complexity index is 1050. The second-order valence-corrected chi connectivity index (χ2v) is 8.81. The fourth-order valence-electron chi connectivity index (χ4n) is 6.00. The fourth-order valence-corrected chi connectivity index (χ4v) is 6.00. The summed E-state index contributed by atoms with van der Waals surface area (Å²) >= 11 is 0. The molecule has 1 heterocycles. The topological polar surface area (TPSA) is 66.5 Å². The van der Waals surface area contributed by atoms with Gasteiger partial charge in [0.2, 0.25) is 17.7 Å². The molecule has 0 radical (unpaired) electrons. The van der Waals surface area contributed by atoms with E-state index in [1.165, 1.54) is 4.90 Å². The lowest BCUT2D eigenvalue weighted by molar-refractivity contribution is -0.140. The van der Waals surface area contributed by atoms with Crippen molar-refractivity contribution in [3.63, 3.8) is 0 Å². The van der Waals surface area contributed by atoms with Crippen LogP contribution in [0.25, 0.3) is 10.8 Å². The summed E-state index contributed by atoms with van der Waals surface area (Å²) in [6.45, 7) is 0.163. The molecule has 0 aromatic heterocycles. The number of imide groups is 1. The van der Waals surface area contributed by atoms with Gasteiger partial charge in [-0.3, -0.25) is 19.3 Å². The molecule has 2 bridgehead atoms. The second kappa shape index (κ2) is 6.02. The molecular formula is C24H22N2O3. The van der Waals surface area contributed by atoms with Crippen molar-refractivity contribution in [1.82, 2.24) is 4.90 Å². The molecule has 5 aliphatic rings. The average molecular weight is 386 g/mol. The third-order valence-electron chi connectivity index (χ3n) is 7.38. The molecule has 2 aromatic carbocycles. The molecular weight excluding hydrogens is 364 g/mol. The molecule has 5 heteroatoms. The predicted molar refractivity (Wildman–Crippen MR) is 109 cm³/mol. The van der Waals surface area contributed by atoms with Gasteiger partial charge in [-0.1, -0.05) is 48.6 Å². The Morgan fingerprint density at radius 3 is 2.31 bits per heavy atom. The molecule has 1 saturated heterocycles. The maximum absolute atomic E-state index is 13.0. The molecule has 29 heavy (non-hydrogen) atoms. The Morgan fingerprint density at radius 1 is 0.931 bits per heavy atom. The number of nitrogens with zero attached hydrogens (tertiary/aromatic N) is 1. The number of fused-ring (bicyclic) bond motifs is 1. The summed E-state index contributed by atoms with van der Waals surface area (Å²) in [6.07, 6.45) is 5.61. The number of likely N-dealkylation sites (tertiary alicyclic amines) is 1. The number of carbonyl (C=O) groups is 3. The Kier molecular flexibility index (Phi) is 3.52. The van der Waals surface area contributed by atoms with E-state index in [4.69, 9.17) is 0 Å². The van der Waals surface area contributed by atoms with Gasteiger partial charge in [-0.15, -0.1) is 0 Å². The maximum Gasteiger partial charge on any atom is 0.233 e. The molecule has 2 aromatic rings. The van der Waals surface area contributed by atoms with E-state index in [2.05, 4.69) is 17.5 Å². The van der Waals surface area contributed by atoms with E-state index in [0.29, 0.717) is 11.8 Å². The van der Waals surface area contributed by atoms with E-state index in [1.807, 2.05) is 42.5 Å². The summed E-state index contributed by atoms with van der Waals surface area (Å²) in [7, 11) is 0. The molecule has 1 aliphatic heterocycles. The lowest BCUT2D eigenvalue weighted by Gasteiger charge is -2.37. The van der Waals surface area contributed by atoms with Crippen molar-refractivity contribution in [2.75, 3.05) is 11.9 Å². The van der Waals surface area contributed by atoms with Crippen molar-refractivity contribution < 1.29 is 14.4 Å². The quantitative estimate of drug-likeness (QED) is 0.648. The molecule has 1 N–H and O–H groups in total. The van der Waals surface area contributed by atoms with Crippen molar-refractivity contribution in [2.45, 2.75) is 12.8 Å². The highest BCUT2D eigenvalue weighted by atomic mass is 16.2. The minimum absolute atomic E-state index is 0.0670. The maximum atomic E-state index is 13.0. The molecule has 6 atom stereocenters. The van der Waals surface area contributed by atoms with Crippen molar-refractivity contribution in [1.29, 1.82) is 0 Å². The average Bonchev–Trinajstić information content (AvgIpc) is 3.52. The van der Waals surface area contributed by atoms with Gasteiger partial charge in [0.15, 0.2) is 0 Å². The monoisotopic (exact) mass is 386 g/mol. The van der Waals surface area contributed by atoms with Gasteiger partial charge in [-0.25, -0.2) is 0 Å². The molecule has 0 unspecified atom stereocenters. The number of anilines is 1. The van der Waals surface area contributed by atoms with Crippen molar-refractivity contribution in [3.05, 3.63) is 54.6 Å². The molecule has 0 spiro atoms. The number of hydrogen-bond donors (Lipinski definition) is 1. The van der Waals surface area contributed by atoms with Gasteiger partial charge < -0.3 is 5.32 Å². The van der Waals surface area contributed by atoms with Gasteiger partial charge in [0.1, 0.15) is 0 Å². The van der Waals surface area contributed by atoms with E-state index in [9.17, 15) is 14.4 Å². The Hall–Kier alpha value is -2.95. The molecule has 4 aliphatic carbocycles. The van der Waals surface area contributed by atoms with Crippen LogP contribution in [-0.2, 0) is 14.4 Å². The van der Waals surface area contributed by atoms with E-state index in [1.54, 1.807) is 0 Å². The normalized spacial score (nSPS) is 33.7. The highest BCUT2D eigenvalue weighted by molar-refractivity contribution is 6.07. The van der Waals surface area contributed by atoms with Gasteiger partial charge in [-0.05, 0) is 41.5 Å². The zero-order chi connectivity index (χ0) is 19.7. The molecule has 146 valence electrons. The number of rotatable bonds is 4. The summed E-state index contributed by atoms with van der Waals surface area (Å²) in [5, 5.41) is 4.98. The third kappa shape index (κ3) is 2.43. The number of benzene rings is 2. The van der Waals surface area contributed by atoms with Crippen LogP contribution in [0.4, 0.5) is 5.69 Å². The minimum Gasteiger partial charge on any atom is -0.325 e. The summed E-state index contributed by atoms with van der Waals surface area (Å²) < 4.78 is 0. The lowest BCUT2D eigenvalue weighted by atomic mass is 9.63. The van der Waals surface area contributed by atoms with Crippen LogP contribution >= 0.6 is 0 Å². The first kappa shape index (κ1) is 17.0. The first-order valence-electron chi connectivity index (χ1n) is 10.4. The Labute approximate surface area is 168 Å². The van der Waals surface area contributed by atoms with Gasteiger partial charge >= 0.3 is 0 Å². The zero-order valence-corrected chi connectivity index (χ0v) is 16.0. The lowest BCUT2D eigenvalue weighted by Crippen LogP contribution is -2.40. The Morgan fingerprint density at radius 2 is 1.59 bits per heavy atom. The Balaban J connectivity index is 1.15. The highest BCUT2D eigenvalue weighted by Crippen LogP contribution is 2.65. The largest absolute Gasteiger partial charge is 0.325 e. The highest BCUT2D eigenvalue weighted by Gasteiger charge is 2.66. The molecule has 5 nitrogen and oxygen atoms in total. The third-order valence-corrected chi connectivity index (χ3v) is 7.38. The fraction of sp³-hybridized carbons (Fsp3) is 0.375. The predicted octanol–water partition coefficient (Wildman–Crippen LogP) is 3.22. The van der Waals surface area contributed by atoms with Crippen molar-refractivity contribution in [3.8, 4) is 0 Å². The molecule has 3 amide bonds. The molecule has 7 rings (SSSR count). The van der Waals surface area contributed by atoms with Gasteiger partial charge in [0.05, 0.1) is 11.8 Å². The molecule has 3 fully saturated rings. The number of carbonyl (C=O) groups excluding carboxylic acids is 3. The first-order valence-corrected chi connectivity index (χ1v) is 10.4. The zero-order valence-electron chi connectivity index (χ0n) is 16.0. The van der Waals surface area contributed by atoms with Crippen LogP contribution in [0.2, 0.25) is 0 Å².